The first-order valence-corrected chi connectivity index (χ1v) is 4.25. The summed E-state index contributed by atoms with van der Waals surface area (Å²) in [5, 5.41) is 0.332. The highest BCUT2D eigenvalue weighted by molar-refractivity contribution is 7.17. The van der Waals surface area contributed by atoms with Crippen LogP contribution < -0.4 is 0 Å². The Morgan fingerprint density at radius 1 is 1.45 bits per heavy atom. The third-order valence-electron chi connectivity index (χ3n) is 0.910. The van der Waals surface area contributed by atoms with Crippen LogP contribution in [0, 0.1) is 0 Å². The molecule has 0 atom stereocenters. The number of halogens is 2. The second-order valence-electron chi connectivity index (χ2n) is 1.62. The van der Waals surface area contributed by atoms with E-state index in [1.54, 1.807) is 6.08 Å². The van der Waals surface area contributed by atoms with Crippen LogP contribution in [0.3, 0.4) is 0 Å². The van der Waals surface area contributed by atoms with Crippen molar-refractivity contribution in [2.45, 2.75) is 0 Å². The molecule has 0 radical (unpaired) electrons. The van der Waals surface area contributed by atoms with E-state index in [1.165, 1.54) is 17.4 Å². The standard InChI is InChI=1S/C6H3Cl2NOS/c7-5-4(2-1-3-10)11-6(8)9-5/h1-3H/b2-1+. The summed E-state index contributed by atoms with van der Waals surface area (Å²) in [6.07, 6.45) is 3.58. The van der Waals surface area contributed by atoms with E-state index in [2.05, 4.69) is 4.98 Å². The number of carbonyl (C=O) groups is 1. The van der Waals surface area contributed by atoms with E-state index in [0.717, 1.165) is 0 Å². The van der Waals surface area contributed by atoms with Crippen molar-refractivity contribution < 1.29 is 4.79 Å². The number of thiazole rings is 1. The van der Waals surface area contributed by atoms with Gasteiger partial charge in [0.15, 0.2) is 4.47 Å². The van der Waals surface area contributed by atoms with E-state index >= 15 is 0 Å². The van der Waals surface area contributed by atoms with Gasteiger partial charge in [-0.1, -0.05) is 23.2 Å². The zero-order valence-electron chi connectivity index (χ0n) is 5.25. The number of allylic oxidation sites excluding steroid dienone is 1. The van der Waals surface area contributed by atoms with E-state index in [9.17, 15) is 4.79 Å². The SMILES string of the molecule is O=C/C=C/c1sc(Cl)nc1Cl. The first-order chi connectivity index (χ1) is 5.24. The van der Waals surface area contributed by atoms with E-state index in [0.29, 0.717) is 20.8 Å². The minimum absolute atomic E-state index is 0.332. The van der Waals surface area contributed by atoms with Crippen LogP contribution in [0.2, 0.25) is 9.62 Å². The van der Waals surface area contributed by atoms with Crippen molar-refractivity contribution in [3.63, 3.8) is 0 Å². The molecule has 0 aliphatic rings. The van der Waals surface area contributed by atoms with Crippen LogP contribution in [0.4, 0.5) is 0 Å². The summed E-state index contributed by atoms with van der Waals surface area (Å²) in [7, 11) is 0. The molecule has 58 valence electrons. The summed E-state index contributed by atoms with van der Waals surface area (Å²) in [6, 6.07) is 0. The highest BCUT2D eigenvalue weighted by atomic mass is 35.5. The molecule has 5 heteroatoms. The van der Waals surface area contributed by atoms with Crippen molar-refractivity contribution in [1.82, 2.24) is 4.98 Å². The van der Waals surface area contributed by atoms with E-state index in [4.69, 9.17) is 23.2 Å². The van der Waals surface area contributed by atoms with Crippen molar-refractivity contribution in [2.75, 3.05) is 0 Å². The number of nitrogens with zero attached hydrogens (tertiary/aromatic N) is 1. The molecule has 2 nitrogen and oxygen atoms in total. The van der Waals surface area contributed by atoms with Gasteiger partial charge in [-0.05, 0) is 12.2 Å². The predicted octanol–water partition coefficient (Wildman–Crippen LogP) is 2.66. The highest BCUT2D eigenvalue weighted by Gasteiger charge is 2.02. The Bertz CT molecular complexity index is 295. The number of aromatic nitrogens is 1. The number of rotatable bonds is 2. The van der Waals surface area contributed by atoms with Gasteiger partial charge in [0.05, 0.1) is 4.88 Å². The molecular weight excluding hydrogens is 205 g/mol. The molecule has 1 aromatic rings. The fraction of sp³-hybridized carbons (Fsp3) is 0. The van der Waals surface area contributed by atoms with Gasteiger partial charge >= 0.3 is 0 Å². The lowest BCUT2D eigenvalue weighted by atomic mass is 10.5. The molecule has 0 amide bonds. The number of carbonyl (C=O) groups excluding carboxylic acids is 1. The summed E-state index contributed by atoms with van der Waals surface area (Å²) in [5.41, 5.74) is 0. The summed E-state index contributed by atoms with van der Waals surface area (Å²) in [5.74, 6) is 0. The van der Waals surface area contributed by atoms with Crippen LogP contribution in [0.1, 0.15) is 4.88 Å². The first-order valence-electron chi connectivity index (χ1n) is 2.67. The van der Waals surface area contributed by atoms with Crippen LogP contribution in [0.5, 0.6) is 0 Å². The molecule has 0 saturated carbocycles. The van der Waals surface area contributed by atoms with Gasteiger partial charge in [0.25, 0.3) is 0 Å². The molecule has 0 bridgehead atoms. The molecular formula is C6H3Cl2NOS. The molecule has 1 heterocycles. The fourth-order valence-corrected chi connectivity index (χ4v) is 1.80. The van der Waals surface area contributed by atoms with Crippen molar-refractivity contribution in [3.05, 3.63) is 20.6 Å². The van der Waals surface area contributed by atoms with Crippen molar-refractivity contribution in [3.8, 4) is 0 Å². The smallest absolute Gasteiger partial charge is 0.185 e. The zero-order valence-corrected chi connectivity index (χ0v) is 7.58. The summed E-state index contributed by atoms with van der Waals surface area (Å²) in [4.78, 5) is 14.4. The lowest BCUT2D eigenvalue weighted by molar-refractivity contribution is -0.104. The molecule has 1 aromatic heterocycles. The summed E-state index contributed by atoms with van der Waals surface area (Å²) >= 11 is 12.4. The Balaban J connectivity index is 2.93. The molecule has 0 unspecified atom stereocenters. The minimum Gasteiger partial charge on any atom is -0.299 e. The number of aldehydes is 1. The van der Waals surface area contributed by atoms with Gasteiger partial charge in [-0.3, -0.25) is 4.79 Å². The molecule has 0 spiro atoms. The Labute approximate surface area is 77.5 Å². The third-order valence-corrected chi connectivity index (χ3v) is 2.43. The van der Waals surface area contributed by atoms with Gasteiger partial charge in [0.1, 0.15) is 11.4 Å². The van der Waals surface area contributed by atoms with Crippen molar-refractivity contribution in [1.29, 1.82) is 0 Å². The zero-order chi connectivity index (χ0) is 8.27. The molecule has 0 aliphatic carbocycles. The van der Waals surface area contributed by atoms with Gasteiger partial charge < -0.3 is 0 Å². The maximum absolute atomic E-state index is 9.92. The fourth-order valence-electron chi connectivity index (χ4n) is 0.517. The average Bonchev–Trinajstić information content (AvgIpc) is 2.26. The quantitative estimate of drug-likeness (QED) is 0.552. The topological polar surface area (TPSA) is 30.0 Å². The maximum atomic E-state index is 9.92. The third kappa shape index (κ3) is 2.29. The van der Waals surface area contributed by atoms with Crippen LogP contribution in [0.15, 0.2) is 6.08 Å². The lowest BCUT2D eigenvalue weighted by Gasteiger charge is -1.79. The second kappa shape index (κ2) is 3.85. The normalized spacial score (nSPS) is 10.7. The lowest BCUT2D eigenvalue weighted by Crippen LogP contribution is -1.65. The van der Waals surface area contributed by atoms with Gasteiger partial charge in [-0.15, -0.1) is 11.3 Å². The molecule has 1 rings (SSSR count). The Kier molecular flexibility index (Phi) is 3.05. The van der Waals surface area contributed by atoms with Gasteiger partial charge in [-0.25, -0.2) is 4.98 Å². The van der Waals surface area contributed by atoms with Crippen LogP contribution in [-0.4, -0.2) is 11.3 Å². The van der Waals surface area contributed by atoms with Crippen LogP contribution in [0.25, 0.3) is 6.08 Å². The van der Waals surface area contributed by atoms with E-state index < -0.39 is 0 Å². The van der Waals surface area contributed by atoms with Gasteiger partial charge in [0.2, 0.25) is 0 Å². The molecule has 0 saturated heterocycles. The van der Waals surface area contributed by atoms with Gasteiger partial charge in [-0.2, -0.15) is 0 Å². The average molecular weight is 208 g/mol. The van der Waals surface area contributed by atoms with E-state index in [-0.39, 0.29) is 0 Å². The molecule has 0 fully saturated rings. The second-order valence-corrected chi connectivity index (χ2v) is 3.59. The summed E-state index contributed by atoms with van der Waals surface area (Å²) < 4.78 is 0.376. The maximum Gasteiger partial charge on any atom is 0.185 e. The van der Waals surface area contributed by atoms with Crippen LogP contribution >= 0.6 is 34.5 Å². The largest absolute Gasteiger partial charge is 0.299 e. The van der Waals surface area contributed by atoms with Crippen LogP contribution in [-0.2, 0) is 4.79 Å². The molecule has 0 N–H and O–H groups in total. The first kappa shape index (κ1) is 8.71. The highest BCUT2D eigenvalue weighted by Crippen LogP contribution is 2.27. The number of hydrogen-bond donors (Lipinski definition) is 0. The van der Waals surface area contributed by atoms with Crippen molar-refractivity contribution in [2.24, 2.45) is 0 Å². The Morgan fingerprint density at radius 3 is 2.64 bits per heavy atom. The molecule has 0 aliphatic heterocycles. The van der Waals surface area contributed by atoms with Crippen molar-refractivity contribution >= 4 is 46.9 Å². The predicted molar refractivity (Wildman–Crippen MR) is 47.2 cm³/mol. The minimum atomic E-state index is 0.332. The van der Waals surface area contributed by atoms with E-state index in [1.807, 2.05) is 0 Å². The van der Waals surface area contributed by atoms with Gasteiger partial charge in [0, 0.05) is 0 Å². The monoisotopic (exact) mass is 207 g/mol. The Hall–Kier alpha value is -0.380. The Morgan fingerprint density at radius 2 is 2.18 bits per heavy atom. The summed E-state index contributed by atoms with van der Waals surface area (Å²) in [6.45, 7) is 0. The molecule has 0 aromatic carbocycles. The molecule has 11 heavy (non-hydrogen) atoms. The number of hydrogen-bond acceptors (Lipinski definition) is 3.